The van der Waals surface area contributed by atoms with Gasteiger partial charge in [0.25, 0.3) is 0 Å². The van der Waals surface area contributed by atoms with E-state index in [1.165, 1.54) is 25.7 Å². The lowest BCUT2D eigenvalue weighted by Gasteiger charge is -2.19. The van der Waals surface area contributed by atoms with Crippen LogP contribution in [0.15, 0.2) is 0 Å². The van der Waals surface area contributed by atoms with E-state index in [1.54, 1.807) is 0 Å². The van der Waals surface area contributed by atoms with Gasteiger partial charge in [0.15, 0.2) is 0 Å². The summed E-state index contributed by atoms with van der Waals surface area (Å²) in [6, 6.07) is 0. The van der Waals surface area contributed by atoms with Crippen molar-refractivity contribution in [3.8, 4) is 0 Å². The Morgan fingerprint density at radius 2 is 1.92 bits per heavy atom. The van der Waals surface area contributed by atoms with Crippen molar-refractivity contribution in [2.75, 3.05) is 0 Å². The Bertz CT molecular complexity index is 193. The number of nitrogens with two attached hydrogens (primary N) is 1. The molecule has 0 radical (unpaired) electrons. The molecular weight excluding hydrogens is 146 g/mol. The Labute approximate surface area is 75.7 Å². The van der Waals surface area contributed by atoms with E-state index in [1.807, 2.05) is 0 Å². The van der Waals surface area contributed by atoms with Gasteiger partial charge in [-0.3, -0.25) is 0 Å². The summed E-state index contributed by atoms with van der Waals surface area (Å²) in [4.78, 5) is 0. The molecule has 70 valence electrons. The lowest BCUT2D eigenvalue weighted by atomic mass is 9.91. The summed E-state index contributed by atoms with van der Waals surface area (Å²) in [5.41, 5.74) is 6.91. The molecule has 0 amide bonds. The first kappa shape index (κ1) is 8.55. The molecule has 2 N–H and O–H groups in total. The second-order valence-electron chi connectivity index (χ2n) is 5.74. The Hall–Kier alpha value is -0.0400. The van der Waals surface area contributed by atoms with Crippen LogP contribution in [0.3, 0.4) is 0 Å². The predicted molar refractivity (Wildman–Crippen MR) is 51.8 cm³/mol. The van der Waals surface area contributed by atoms with E-state index in [0.29, 0.717) is 5.41 Å². The second-order valence-corrected chi connectivity index (χ2v) is 5.74. The molecule has 0 spiro atoms. The van der Waals surface area contributed by atoms with Gasteiger partial charge in [-0.1, -0.05) is 20.8 Å². The summed E-state index contributed by atoms with van der Waals surface area (Å²) in [6.45, 7) is 6.97. The lowest BCUT2D eigenvalue weighted by Crippen LogP contribution is -2.30. The van der Waals surface area contributed by atoms with E-state index >= 15 is 0 Å². The Morgan fingerprint density at radius 3 is 2.25 bits per heavy atom. The summed E-state index contributed by atoms with van der Waals surface area (Å²) >= 11 is 0. The van der Waals surface area contributed by atoms with Gasteiger partial charge in [0.1, 0.15) is 0 Å². The zero-order valence-electron chi connectivity index (χ0n) is 8.56. The molecule has 2 unspecified atom stereocenters. The van der Waals surface area contributed by atoms with E-state index in [2.05, 4.69) is 20.8 Å². The largest absolute Gasteiger partial charge is 0.325 e. The molecule has 2 aliphatic rings. The van der Waals surface area contributed by atoms with E-state index in [4.69, 9.17) is 5.73 Å². The summed E-state index contributed by atoms with van der Waals surface area (Å²) in [5, 5.41) is 0. The molecule has 1 nitrogen and oxygen atoms in total. The van der Waals surface area contributed by atoms with Crippen molar-refractivity contribution < 1.29 is 0 Å². The van der Waals surface area contributed by atoms with Gasteiger partial charge in [0.05, 0.1) is 0 Å². The molecular formula is C11H21N. The normalized spacial score (nSPS) is 41.0. The molecule has 1 heteroatoms. The minimum atomic E-state index is 0.189. The topological polar surface area (TPSA) is 26.0 Å². The van der Waals surface area contributed by atoms with Crippen LogP contribution in [-0.2, 0) is 0 Å². The first-order valence-corrected chi connectivity index (χ1v) is 5.23. The number of rotatable bonds is 3. The fourth-order valence-electron chi connectivity index (χ4n) is 2.50. The highest BCUT2D eigenvalue weighted by molar-refractivity contribution is 5.15. The molecule has 0 aromatic carbocycles. The van der Waals surface area contributed by atoms with Crippen LogP contribution in [0.25, 0.3) is 0 Å². The van der Waals surface area contributed by atoms with Gasteiger partial charge < -0.3 is 5.73 Å². The summed E-state index contributed by atoms with van der Waals surface area (Å²) in [7, 11) is 0. The van der Waals surface area contributed by atoms with Crippen molar-refractivity contribution in [2.24, 2.45) is 23.0 Å². The zero-order valence-corrected chi connectivity index (χ0v) is 8.56. The first-order valence-electron chi connectivity index (χ1n) is 5.23. The minimum Gasteiger partial charge on any atom is -0.325 e. The maximum atomic E-state index is 6.29. The molecule has 0 saturated heterocycles. The van der Waals surface area contributed by atoms with E-state index in [-0.39, 0.29) is 5.54 Å². The number of hydrogen-bond donors (Lipinski definition) is 1. The van der Waals surface area contributed by atoms with Crippen LogP contribution in [-0.4, -0.2) is 5.54 Å². The van der Waals surface area contributed by atoms with Gasteiger partial charge in [-0.05, 0) is 42.9 Å². The maximum Gasteiger partial charge on any atom is 0.0215 e. The third-order valence-corrected chi connectivity index (χ3v) is 4.09. The monoisotopic (exact) mass is 167 g/mol. The van der Waals surface area contributed by atoms with Crippen LogP contribution < -0.4 is 5.73 Å². The van der Waals surface area contributed by atoms with Gasteiger partial charge in [-0.15, -0.1) is 0 Å². The summed E-state index contributed by atoms with van der Waals surface area (Å²) in [5.74, 6) is 1.89. The number of hydrogen-bond acceptors (Lipinski definition) is 1. The van der Waals surface area contributed by atoms with Gasteiger partial charge in [-0.25, -0.2) is 0 Å². The molecule has 2 aliphatic carbocycles. The average molecular weight is 167 g/mol. The van der Waals surface area contributed by atoms with E-state index in [0.717, 1.165) is 11.8 Å². The second kappa shape index (κ2) is 2.25. The van der Waals surface area contributed by atoms with Crippen LogP contribution in [0.5, 0.6) is 0 Å². The van der Waals surface area contributed by atoms with E-state index in [9.17, 15) is 0 Å². The van der Waals surface area contributed by atoms with Gasteiger partial charge in [-0.2, -0.15) is 0 Å². The highest BCUT2D eigenvalue weighted by Gasteiger charge is 2.58. The Kier molecular flexibility index (Phi) is 1.61. The van der Waals surface area contributed by atoms with Gasteiger partial charge in [0, 0.05) is 5.54 Å². The highest BCUT2D eigenvalue weighted by atomic mass is 14.9. The molecule has 0 bridgehead atoms. The Balaban J connectivity index is 1.87. The fourth-order valence-corrected chi connectivity index (χ4v) is 2.50. The third-order valence-electron chi connectivity index (χ3n) is 4.09. The maximum absolute atomic E-state index is 6.29. The summed E-state index contributed by atoms with van der Waals surface area (Å²) in [6.07, 6.45) is 5.40. The Morgan fingerprint density at radius 1 is 1.42 bits per heavy atom. The van der Waals surface area contributed by atoms with Crippen molar-refractivity contribution in [1.29, 1.82) is 0 Å². The van der Waals surface area contributed by atoms with Gasteiger partial charge >= 0.3 is 0 Å². The molecule has 0 aliphatic heterocycles. The van der Waals surface area contributed by atoms with Crippen molar-refractivity contribution in [3.63, 3.8) is 0 Å². The minimum absolute atomic E-state index is 0.189. The SMILES string of the molecule is CC(CC1(N)CC1(C)C)C1CC1. The summed E-state index contributed by atoms with van der Waals surface area (Å²) < 4.78 is 0. The molecule has 0 heterocycles. The zero-order chi connectivity index (χ0) is 8.98. The van der Waals surface area contributed by atoms with Crippen molar-refractivity contribution in [1.82, 2.24) is 0 Å². The smallest absolute Gasteiger partial charge is 0.0215 e. The van der Waals surface area contributed by atoms with Crippen LogP contribution in [0.2, 0.25) is 0 Å². The van der Waals surface area contributed by atoms with Crippen molar-refractivity contribution in [3.05, 3.63) is 0 Å². The lowest BCUT2D eigenvalue weighted by molar-refractivity contribution is 0.361. The van der Waals surface area contributed by atoms with Crippen LogP contribution in [0, 0.1) is 17.3 Å². The average Bonchev–Trinajstić information content (AvgIpc) is 2.70. The highest BCUT2D eigenvalue weighted by Crippen LogP contribution is 2.58. The van der Waals surface area contributed by atoms with Crippen molar-refractivity contribution in [2.45, 2.75) is 52.0 Å². The molecule has 2 saturated carbocycles. The van der Waals surface area contributed by atoms with E-state index < -0.39 is 0 Å². The van der Waals surface area contributed by atoms with Gasteiger partial charge in [0.2, 0.25) is 0 Å². The molecule has 2 fully saturated rings. The van der Waals surface area contributed by atoms with Crippen LogP contribution in [0.1, 0.15) is 46.5 Å². The predicted octanol–water partition coefficient (Wildman–Crippen LogP) is 2.55. The molecule has 2 rings (SSSR count). The molecule has 0 aromatic rings. The van der Waals surface area contributed by atoms with Crippen molar-refractivity contribution >= 4 is 0 Å². The van der Waals surface area contributed by atoms with Crippen LogP contribution in [0.4, 0.5) is 0 Å². The standard InChI is InChI=1S/C11H21N/c1-8(9-4-5-9)6-11(12)7-10(11,2)3/h8-9H,4-7,12H2,1-3H3. The van der Waals surface area contributed by atoms with Crippen LogP contribution >= 0.6 is 0 Å². The first-order chi connectivity index (χ1) is 5.45. The molecule has 0 aromatic heterocycles. The third kappa shape index (κ3) is 1.28. The molecule has 12 heavy (non-hydrogen) atoms. The fraction of sp³-hybridized carbons (Fsp3) is 1.00. The molecule has 2 atom stereocenters. The quantitative estimate of drug-likeness (QED) is 0.687.